The summed E-state index contributed by atoms with van der Waals surface area (Å²) in [5, 5.41) is 100. The van der Waals surface area contributed by atoms with Crippen LogP contribution in [0.1, 0.15) is 6.42 Å². The topological polar surface area (TPSA) is 276 Å². The number of amides is 1. The van der Waals surface area contributed by atoms with Gasteiger partial charge in [0.25, 0.3) is 5.79 Å². The average molecular weight is 487 g/mol. The first-order valence-electron chi connectivity index (χ1n) is 9.87. The van der Waals surface area contributed by atoms with E-state index in [2.05, 4.69) is 5.32 Å². The van der Waals surface area contributed by atoms with Crippen molar-refractivity contribution in [1.29, 1.82) is 0 Å². The molecule has 192 valence electrons. The van der Waals surface area contributed by atoms with Crippen LogP contribution in [-0.2, 0) is 23.8 Å². The Balaban J connectivity index is 2.43. The Hall–Kier alpha value is -1.54. The molecule has 0 bridgehead atoms. The van der Waals surface area contributed by atoms with Crippen molar-refractivity contribution in [2.75, 3.05) is 19.8 Å². The molecule has 11 N–H and O–H groups in total. The van der Waals surface area contributed by atoms with Crippen LogP contribution >= 0.6 is 0 Å². The van der Waals surface area contributed by atoms with Crippen LogP contribution in [0.2, 0.25) is 0 Å². The standard InChI is InChI=1S/C17H29NO15/c19-2-6(23)10(25)13-9(18-8(24)4-21)5(22)1-17(32-13,16(29)30)33-14-11(26)7(3-20)31-15(28)12(14)27/h5-7,9-15,19-23,25-28H,1-4H2,(H,18,24)(H,29,30)/t5-,6-,7?,9-,10-,11+,12?,13?,14?,15-,17+/m1/s1. The summed E-state index contributed by atoms with van der Waals surface area (Å²) in [6.45, 7) is -2.93. The first kappa shape index (κ1) is 27.7. The van der Waals surface area contributed by atoms with Gasteiger partial charge < -0.3 is 70.6 Å². The normalized spacial score (nSPS) is 41.2. The molecule has 0 aromatic heterocycles. The van der Waals surface area contributed by atoms with Crippen LogP contribution in [0.5, 0.6) is 0 Å². The third-order valence-corrected chi connectivity index (χ3v) is 5.45. The van der Waals surface area contributed by atoms with E-state index in [1.807, 2.05) is 0 Å². The molecule has 4 unspecified atom stereocenters. The predicted molar refractivity (Wildman–Crippen MR) is 98.8 cm³/mol. The summed E-state index contributed by atoms with van der Waals surface area (Å²) in [4.78, 5) is 23.8. The van der Waals surface area contributed by atoms with Crippen LogP contribution < -0.4 is 5.32 Å². The fraction of sp³-hybridized carbons (Fsp3) is 0.882. The summed E-state index contributed by atoms with van der Waals surface area (Å²) in [5.41, 5.74) is 0. The second kappa shape index (κ2) is 11.3. The highest BCUT2D eigenvalue weighted by Crippen LogP contribution is 2.37. The highest BCUT2D eigenvalue weighted by atomic mass is 16.7. The number of nitrogens with one attached hydrogen (secondary N) is 1. The van der Waals surface area contributed by atoms with Crippen molar-refractivity contribution < 1.29 is 74.9 Å². The summed E-state index contributed by atoms with van der Waals surface area (Å²) in [6.07, 6.45) is -18.2. The molecular formula is C17H29NO15. The van der Waals surface area contributed by atoms with Crippen LogP contribution in [0.3, 0.4) is 0 Å². The van der Waals surface area contributed by atoms with Gasteiger partial charge >= 0.3 is 5.97 Å². The number of aliphatic hydroxyl groups excluding tert-OH is 9. The molecule has 16 heteroatoms. The number of aliphatic carboxylic acids is 1. The van der Waals surface area contributed by atoms with Gasteiger partial charge in [0, 0.05) is 6.42 Å². The molecule has 1 amide bonds. The van der Waals surface area contributed by atoms with Crippen LogP contribution in [0.15, 0.2) is 0 Å². The molecule has 0 aromatic rings. The van der Waals surface area contributed by atoms with Gasteiger partial charge in [-0.05, 0) is 0 Å². The maximum atomic E-state index is 12.1. The quantitative estimate of drug-likeness (QED) is 0.144. The molecule has 0 aliphatic carbocycles. The third kappa shape index (κ3) is 5.76. The summed E-state index contributed by atoms with van der Waals surface area (Å²) < 4.78 is 15.4. The molecule has 16 nitrogen and oxygen atoms in total. The molecule has 2 aliphatic heterocycles. The first-order chi connectivity index (χ1) is 15.4. The average Bonchev–Trinajstić information content (AvgIpc) is 2.79. The SMILES string of the molecule is O=C(CO)N[C@H]1C([C@H](O)[C@H](O)CO)O[C@@](OC2C(O)[C@H](O)OC(CO)[C@@H]2O)(C(=O)O)C[C@H]1O. The second-order valence-electron chi connectivity index (χ2n) is 7.72. The molecule has 2 fully saturated rings. The number of carboxylic acid groups (broad SMARTS) is 1. The summed E-state index contributed by atoms with van der Waals surface area (Å²) in [7, 11) is 0. The van der Waals surface area contributed by atoms with E-state index in [4.69, 9.17) is 24.4 Å². The molecule has 2 rings (SSSR count). The van der Waals surface area contributed by atoms with Crippen molar-refractivity contribution in [3.8, 4) is 0 Å². The third-order valence-electron chi connectivity index (χ3n) is 5.45. The highest BCUT2D eigenvalue weighted by molar-refractivity contribution is 5.78. The van der Waals surface area contributed by atoms with Crippen molar-refractivity contribution in [2.24, 2.45) is 0 Å². The van der Waals surface area contributed by atoms with Crippen LogP contribution in [-0.4, -0.2) is 150 Å². The minimum absolute atomic E-state index is 0.854. The Morgan fingerprint density at radius 1 is 1.09 bits per heavy atom. The van der Waals surface area contributed by atoms with Crippen molar-refractivity contribution in [1.82, 2.24) is 5.32 Å². The molecule has 0 aromatic carbocycles. The smallest absolute Gasteiger partial charge is 0.364 e. The lowest BCUT2D eigenvalue weighted by Crippen LogP contribution is -2.70. The fourth-order valence-electron chi connectivity index (χ4n) is 3.67. The lowest BCUT2D eigenvalue weighted by Gasteiger charge is -2.49. The fourth-order valence-corrected chi connectivity index (χ4v) is 3.67. The van der Waals surface area contributed by atoms with Crippen LogP contribution in [0.25, 0.3) is 0 Å². The Labute approximate surface area is 186 Å². The number of aliphatic hydroxyl groups is 9. The summed E-state index contributed by atoms with van der Waals surface area (Å²) in [6, 6.07) is -1.60. The molecule has 0 radical (unpaired) electrons. The largest absolute Gasteiger partial charge is 0.477 e. The molecule has 2 saturated heterocycles. The van der Waals surface area contributed by atoms with E-state index in [1.54, 1.807) is 0 Å². The molecular weight excluding hydrogens is 458 g/mol. The number of ether oxygens (including phenoxy) is 3. The van der Waals surface area contributed by atoms with Gasteiger partial charge in [-0.3, -0.25) is 4.79 Å². The molecule has 2 heterocycles. The Bertz CT molecular complexity index is 681. The Morgan fingerprint density at radius 2 is 1.73 bits per heavy atom. The highest BCUT2D eigenvalue weighted by Gasteiger charge is 2.59. The second-order valence-corrected chi connectivity index (χ2v) is 7.72. The zero-order chi connectivity index (χ0) is 25.1. The predicted octanol–water partition coefficient (Wildman–Crippen LogP) is -7.08. The molecule has 11 atom stereocenters. The Morgan fingerprint density at radius 3 is 2.24 bits per heavy atom. The van der Waals surface area contributed by atoms with E-state index >= 15 is 0 Å². The maximum absolute atomic E-state index is 12.1. The maximum Gasteiger partial charge on any atom is 0.364 e. The number of carbonyl (C=O) groups is 2. The monoisotopic (exact) mass is 487 g/mol. The van der Waals surface area contributed by atoms with E-state index in [0.29, 0.717) is 0 Å². The van der Waals surface area contributed by atoms with E-state index in [9.17, 15) is 50.4 Å². The van der Waals surface area contributed by atoms with Gasteiger partial charge in [0.05, 0.1) is 25.4 Å². The van der Waals surface area contributed by atoms with Gasteiger partial charge in [0.2, 0.25) is 5.91 Å². The minimum atomic E-state index is -2.93. The summed E-state index contributed by atoms with van der Waals surface area (Å²) >= 11 is 0. The number of hydrogen-bond donors (Lipinski definition) is 11. The van der Waals surface area contributed by atoms with Gasteiger partial charge in [0.15, 0.2) is 6.29 Å². The Kier molecular flexibility index (Phi) is 9.45. The lowest BCUT2D eigenvalue weighted by molar-refractivity contribution is -0.366. The van der Waals surface area contributed by atoms with Crippen LogP contribution in [0.4, 0.5) is 0 Å². The van der Waals surface area contributed by atoms with Crippen LogP contribution in [0, 0.1) is 0 Å². The number of carbonyl (C=O) groups excluding carboxylic acids is 1. The van der Waals surface area contributed by atoms with Gasteiger partial charge in [0.1, 0.15) is 49.3 Å². The van der Waals surface area contributed by atoms with Crippen molar-refractivity contribution in [2.45, 2.75) is 73.4 Å². The number of hydrogen-bond acceptors (Lipinski definition) is 14. The first-order valence-corrected chi connectivity index (χ1v) is 9.87. The van der Waals surface area contributed by atoms with E-state index in [1.165, 1.54) is 0 Å². The van der Waals surface area contributed by atoms with Gasteiger partial charge in [-0.15, -0.1) is 0 Å². The molecule has 0 saturated carbocycles. The van der Waals surface area contributed by atoms with Gasteiger partial charge in [-0.2, -0.15) is 0 Å². The van der Waals surface area contributed by atoms with Crippen molar-refractivity contribution in [3.05, 3.63) is 0 Å². The zero-order valence-electron chi connectivity index (χ0n) is 17.1. The van der Waals surface area contributed by atoms with E-state index in [0.717, 1.165) is 0 Å². The number of rotatable bonds is 9. The van der Waals surface area contributed by atoms with Crippen molar-refractivity contribution in [3.63, 3.8) is 0 Å². The van der Waals surface area contributed by atoms with Gasteiger partial charge in [-0.25, -0.2) is 4.79 Å². The van der Waals surface area contributed by atoms with Gasteiger partial charge in [-0.1, -0.05) is 0 Å². The van der Waals surface area contributed by atoms with E-state index in [-0.39, 0.29) is 0 Å². The van der Waals surface area contributed by atoms with E-state index < -0.39 is 105 Å². The molecule has 33 heavy (non-hydrogen) atoms. The minimum Gasteiger partial charge on any atom is -0.477 e. The molecule has 0 spiro atoms. The van der Waals surface area contributed by atoms with Crippen molar-refractivity contribution >= 4 is 11.9 Å². The summed E-state index contributed by atoms with van der Waals surface area (Å²) in [5.74, 6) is -5.90. The number of carboxylic acids is 1. The zero-order valence-corrected chi connectivity index (χ0v) is 17.1. The lowest BCUT2D eigenvalue weighted by atomic mass is 9.88. The molecule has 2 aliphatic rings.